The molecule has 1 atom stereocenters. The predicted molar refractivity (Wildman–Crippen MR) is 115 cm³/mol. The summed E-state index contributed by atoms with van der Waals surface area (Å²) in [6.45, 7) is 2.41. The number of hydrogen-bond donors (Lipinski definition) is 0. The molecule has 1 unspecified atom stereocenters. The van der Waals surface area contributed by atoms with E-state index in [9.17, 15) is 4.79 Å². The van der Waals surface area contributed by atoms with Crippen molar-refractivity contribution in [3.8, 4) is 5.75 Å². The van der Waals surface area contributed by atoms with Gasteiger partial charge in [0.25, 0.3) is 0 Å². The monoisotopic (exact) mass is 426 g/mol. The summed E-state index contributed by atoms with van der Waals surface area (Å²) >= 11 is 0. The number of fused-ring (bicyclic) bond motifs is 6. The van der Waals surface area contributed by atoms with Gasteiger partial charge in [0.1, 0.15) is 0 Å². The number of pyridine rings is 1. The number of benzene rings is 1. The summed E-state index contributed by atoms with van der Waals surface area (Å²) < 4.78 is 30.4. The molecule has 1 aromatic carbocycles. The van der Waals surface area contributed by atoms with Crippen molar-refractivity contribution in [2.45, 2.75) is 50.3 Å². The molecule has 1 aliphatic carbocycles. The van der Waals surface area contributed by atoms with Crippen LogP contribution < -0.4 is 10.4 Å². The van der Waals surface area contributed by atoms with E-state index in [1.54, 1.807) is 31.0 Å². The number of imidazole rings is 1. The van der Waals surface area contributed by atoms with Gasteiger partial charge in [-0.25, -0.2) is 9.18 Å². The van der Waals surface area contributed by atoms with Crippen molar-refractivity contribution in [2.24, 2.45) is 7.05 Å². The van der Waals surface area contributed by atoms with Gasteiger partial charge in [-0.3, -0.25) is 19.0 Å². The van der Waals surface area contributed by atoms with Gasteiger partial charge in [-0.1, -0.05) is 0 Å². The van der Waals surface area contributed by atoms with Crippen LogP contribution in [0.4, 0.5) is 4.39 Å². The van der Waals surface area contributed by atoms with Gasteiger partial charge in [0.05, 0.1) is 35.5 Å². The normalized spacial score (nSPS) is 26.2. The van der Waals surface area contributed by atoms with E-state index in [1.807, 2.05) is 4.57 Å². The molecule has 4 heterocycles. The highest BCUT2D eigenvalue weighted by Gasteiger charge is 2.36. The van der Waals surface area contributed by atoms with E-state index in [0.717, 1.165) is 61.6 Å². The maximum absolute atomic E-state index is 15.6. The van der Waals surface area contributed by atoms with Crippen LogP contribution in [-0.4, -0.2) is 51.9 Å². The fraction of sp³-hybridized carbons (Fsp3) is 0.565. The van der Waals surface area contributed by atoms with Crippen molar-refractivity contribution in [1.82, 2.24) is 19.0 Å². The zero-order chi connectivity index (χ0) is 21.3. The summed E-state index contributed by atoms with van der Waals surface area (Å²) in [5.74, 6) is -0.0357. The van der Waals surface area contributed by atoms with Crippen molar-refractivity contribution in [3.05, 3.63) is 34.1 Å². The lowest BCUT2D eigenvalue weighted by molar-refractivity contribution is 0.00635. The Morgan fingerprint density at radius 3 is 2.77 bits per heavy atom. The van der Waals surface area contributed by atoms with E-state index in [-0.39, 0.29) is 35.4 Å². The van der Waals surface area contributed by atoms with Crippen LogP contribution in [0.3, 0.4) is 0 Å². The van der Waals surface area contributed by atoms with Crippen molar-refractivity contribution < 1.29 is 13.9 Å². The van der Waals surface area contributed by atoms with E-state index >= 15 is 4.39 Å². The maximum Gasteiger partial charge on any atom is 0.329 e. The SMILES string of the molecule is CO[C@H]1C[C@@H](n2c(=O)n(C)c3cnc4c5c(F)c(cc4c32)OCCC5N2CCCC2)C1. The van der Waals surface area contributed by atoms with Crippen molar-refractivity contribution in [1.29, 1.82) is 0 Å². The molecule has 6 rings (SSSR count). The van der Waals surface area contributed by atoms with E-state index in [0.29, 0.717) is 17.7 Å². The molecule has 0 N–H and O–H groups in total. The second-order valence-corrected chi connectivity index (χ2v) is 9.08. The number of hydrogen-bond acceptors (Lipinski definition) is 5. The Balaban J connectivity index is 1.63. The number of ether oxygens (including phenoxy) is 2. The highest BCUT2D eigenvalue weighted by atomic mass is 19.1. The number of aromatic nitrogens is 3. The standard InChI is InChI=1S/C23H27FN4O3/c1-26-17-12-25-21-15(22(17)28(23(26)29)13-9-14(10-13)30-2)11-18-20(24)19(21)16(5-8-31-18)27-6-3-4-7-27/h11-14,16H,3-10H2,1-2H3/t13-,14+,16?. The molecule has 2 bridgehead atoms. The van der Waals surface area contributed by atoms with Crippen LogP contribution >= 0.6 is 0 Å². The zero-order valence-electron chi connectivity index (χ0n) is 17.9. The number of nitrogens with zero attached hydrogens (tertiary/aromatic N) is 4. The number of aryl methyl sites for hydroxylation is 1. The third-order valence-corrected chi connectivity index (χ3v) is 7.48. The Morgan fingerprint density at radius 2 is 2.03 bits per heavy atom. The summed E-state index contributed by atoms with van der Waals surface area (Å²) in [7, 11) is 3.48. The van der Waals surface area contributed by atoms with Gasteiger partial charge in [-0.2, -0.15) is 0 Å². The fourth-order valence-corrected chi connectivity index (χ4v) is 5.68. The molecule has 3 aliphatic rings. The topological polar surface area (TPSA) is 61.5 Å². The number of halogens is 1. The van der Waals surface area contributed by atoms with Crippen molar-refractivity contribution in [3.63, 3.8) is 0 Å². The average Bonchev–Trinajstić information content (AvgIpc) is 3.32. The molecule has 2 aliphatic heterocycles. The molecule has 2 aromatic heterocycles. The molecule has 0 spiro atoms. The maximum atomic E-state index is 15.6. The Hall–Kier alpha value is -2.45. The van der Waals surface area contributed by atoms with Gasteiger partial charge >= 0.3 is 5.69 Å². The minimum absolute atomic E-state index is 0.0529. The predicted octanol–water partition coefficient (Wildman–Crippen LogP) is 3.30. The lowest BCUT2D eigenvalue weighted by atomic mass is 9.88. The first kappa shape index (κ1) is 19.3. The molecule has 7 nitrogen and oxygen atoms in total. The highest BCUT2D eigenvalue weighted by molar-refractivity contribution is 6.04. The van der Waals surface area contributed by atoms with Gasteiger partial charge in [-0.15, -0.1) is 0 Å². The number of methoxy groups -OCH3 is 1. The molecular formula is C23H27FN4O3. The Labute approximate surface area is 179 Å². The van der Waals surface area contributed by atoms with Crippen LogP contribution in [0.25, 0.3) is 21.9 Å². The lowest BCUT2D eigenvalue weighted by Crippen LogP contribution is -2.37. The fourth-order valence-electron chi connectivity index (χ4n) is 5.68. The molecule has 3 aromatic rings. The summed E-state index contributed by atoms with van der Waals surface area (Å²) in [4.78, 5) is 20.2. The largest absolute Gasteiger partial charge is 0.490 e. The molecule has 31 heavy (non-hydrogen) atoms. The summed E-state index contributed by atoms with van der Waals surface area (Å²) in [6.07, 6.45) is 6.50. The Morgan fingerprint density at radius 1 is 1.26 bits per heavy atom. The highest BCUT2D eigenvalue weighted by Crippen LogP contribution is 2.43. The minimum Gasteiger partial charge on any atom is -0.490 e. The second kappa shape index (κ2) is 7.03. The number of rotatable bonds is 3. The lowest BCUT2D eigenvalue weighted by Gasteiger charge is -2.35. The van der Waals surface area contributed by atoms with Crippen LogP contribution in [-0.2, 0) is 11.8 Å². The molecule has 8 heteroatoms. The second-order valence-electron chi connectivity index (χ2n) is 9.08. The minimum atomic E-state index is -0.304. The van der Waals surface area contributed by atoms with Gasteiger partial charge in [0, 0.05) is 43.6 Å². The first-order valence-corrected chi connectivity index (χ1v) is 11.2. The first-order chi connectivity index (χ1) is 15.1. The zero-order valence-corrected chi connectivity index (χ0v) is 17.9. The Kier molecular flexibility index (Phi) is 4.37. The van der Waals surface area contributed by atoms with Gasteiger partial charge in [0.2, 0.25) is 0 Å². The average molecular weight is 426 g/mol. The molecule has 0 amide bonds. The quantitative estimate of drug-likeness (QED) is 0.643. The van der Waals surface area contributed by atoms with Crippen LogP contribution in [0.1, 0.15) is 49.8 Å². The smallest absolute Gasteiger partial charge is 0.329 e. The first-order valence-electron chi connectivity index (χ1n) is 11.2. The van der Waals surface area contributed by atoms with Crippen molar-refractivity contribution >= 4 is 21.9 Å². The van der Waals surface area contributed by atoms with Gasteiger partial charge in [0.15, 0.2) is 11.6 Å². The van der Waals surface area contributed by atoms with Crippen LogP contribution in [0, 0.1) is 5.82 Å². The third-order valence-electron chi connectivity index (χ3n) is 7.48. The van der Waals surface area contributed by atoms with E-state index < -0.39 is 0 Å². The van der Waals surface area contributed by atoms with Crippen LogP contribution in [0.5, 0.6) is 5.75 Å². The summed E-state index contributed by atoms with van der Waals surface area (Å²) in [5, 5.41) is 0.800. The molecule has 1 saturated carbocycles. The molecule has 2 fully saturated rings. The molecular weight excluding hydrogens is 399 g/mol. The molecule has 1 saturated heterocycles. The van der Waals surface area contributed by atoms with E-state index in [4.69, 9.17) is 14.5 Å². The van der Waals surface area contributed by atoms with Crippen LogP contribution in [0.2, 0.25) is 0 Å². The Bertz CT molecular complexity index is 1240. The van der Waals surface area contributed by atoms with E-state index in [1.165, 1.54) is 0 Å². The third kappa shape index (κ3) is 2.70. The summed E-state index contributed by atoms with van der Waals surface area (Å²) in [5.41, 5.74) is 2.80. The molecule has 0 radical (unpaired) electrons. The van der Waals surface area contributed by atoms with Gasteiger partial charge in [-0.05, 0) is 44.8 Å². The number of likely N-dealkylation sites (tertiary alicyclic amines) is 1. The van der Waals surface area contributed by atoms with E-state index in [2.05, 4.69) is 4.90 Å². The van der Waals surface area contributed by atoms with Crippen molar-refractivity contribution in [2.75, 3.05) is 26.8 Å². The van der Waals surface area contributed by atoms with Gasteiger partial charge < -0.3 is 9.47 Å². The molecule has 164 valence electrons. The van der Waals surface area contributed by atoms with Crippen LogP contribution in [0.15, 0.2) is 17.1 Å². The summed E-state index contributed by atoms with van der Waals surface area (Å²) in [6, 6.07) is 1.77.